The number of fused-ring (bicyclic) bond motifs is 1. The molecule has 108 valence electrons. The minimum Gasteiger partial charge on any atom is -0.236 e. The lowest BCUT2D eigenvalue weighted by molar-refractivity contribution is -0.137. The monoisotopic (exact) mass is 311 g/mol. The van der Waals surface area contributed by atoms with Crippen molar-refractivity contribution in [1.82, 2.24) is 14.8 Å². The number of aryl methyl sites for hydroxylation is 1. The summed E-state index contributed by atoms with van der Waals surface area (Å²) in [6.45, 7) is 1.77. The van der Waals surface area contributed by atoms with Crippen LogP contribution < -0.4 is 0 Å². The molecule has 0 atom stereocenters. The average Bonchev–Trinajstić information content (AvgIpc) is 2.77. The van der Waals surface area contributed by atoms with Gasteiger partial charge in [-0.1, -0.05) is 11.6 Å². The lowest BCUT2D eigenvalue weighted by atomic mass is 10.2. The van der Waals surface area contributed by atoms with Gasteiger partial charge in [0.25, 0.3) is 0 Å². The van der Waals surface area contributed by atoms with Crippen molar-refractivity contribution in [1.29, 1.82) is 0 Å². The Morgan fingerprint density at radius 2 is 1.76 bits per heavy atom. The third-order valence-corrected chi connectivity index (χ3v) is 3.45. The Balaban J connectivity index is 2.15. The Hall–Kier alpha value is -2.08. The highest BCUT2D eigenvalue weighted by atomic mass is 35.5. The third kappa shape index (κ3) is 2.35. The molecule has 0 N–H and O–H groups in total. The highest BCUT2D eigenvalue weighted by Gasteiger charge is 2.30. The number of pyridine rings is 1. The van der Waals surface area contributed by atoms with Crippen LogP contribution in [0, 0.1) is 6.92 Å². The van der Waals surface area contributed by atoms with E-state index >= 15 is 0 Å². The fourth-order valence-corrected chi connectivity index (χ4v) is 2.42. The molecule has 3 aromatic rings. The molecule has 0 fully saturated rings. The maximum atomic E-state index is 12.6. The predicted octanol–water partition coefficient (Wildman–Crippen LogP) is 4.40. The first-order valence-electron chi connectivity index (χ1n) is 6.05. The summed E-state index contributed by atoms with van der Waals surface area (Å²) >= 11 is 6.11. The quantitative estimate of drug-likeness (QED) is 0.667. The molecule has 0 radical (unpaired) electrons. The van der Waals surface area contributed by atoms with E-state index in [9.17, 15) is 13.2 Å². The van der Waals surface area contributed by atoms with Crippen LogP contribution in [0.1, 0.15) is 11.3 Å². The van der Waals surface area contributed by atoms with E-state index in [4.69, 9.17) is 11.6 Å². The minimum atomic E-state index is -4.36. The number of hydrogen-bond acceptors (Lipinski definition) is 2. The molecule has 0 unspecified atom stereocenters. The van der Waals surface area contributed by atoms with Crippen molar-refractivity contribution in [3.8, 4) is 5.69 Å². The smallest absolute Gasteiger partial charge is 0.236 e. The molecule has 1 aromatic carbocycles. The fraction of sp³-hybridized carbons (Fsp3) is 0.143. The van der Waals surface area contributed by atoms with Gasteiger partial charge in [-0.05, 0) is 37.3 Å². The number of nitrogens with zero attached hydrogens (tertiary/aromatic N) is 3. The van der Waals surface area contributed by atoms with Gasteiger partial charge in [0.1, 0.15) is 0 Å². The lowest BCUT2D eigenvalue weighted by Crippen LogP contribution is -2.05. The first kappa shape index (κ1) is 13.9. The van der Waals surface area contributed by atoms with E-state index < -0.39 is 11.7 Å². The van der Waals surface area contributed by atoms with Crippen LogP contribution in [0.4, 0.5) is 13.2 Å². The van der Waals surface area contributed by atoms with Gasteiger partial charge in [0, 0.05) is 6.20 Å². The van der Waals surface area contributed by atoms with Crippen molar-refractivity contribution in [2.75, 3.05) is 0 Å². The minimum absolute atomic E-state index is 0.496. The number of aromatic nitrogens is 3. The molecule has 0 saturated carbocycles. The van der Waals surface area contributed by atoms with Crippen LogP contribution in [0.5, 0.6) is 0 Å². The Labute approximate surface area is 123 Å². The van der Waals surface area contributed by atoms with Gasteiger partial charge in [-0.15, -0.1) is 0 Å². The van der Waals surface area contributed by atoms with Crippen molar-refractivity contribution in [2.45, 2.75) is 13.1 Å². The Kier molecular flexibility index (Phi) is 3.13. The number of halogens is 4. The fourth-order valence-electron chi connectivity index (χ4n) is 2.14. The summed E-state index contributed by atoms with van der Waals surface area (Å²) in [5, 5.41) is 5.50. The Morgan fingerprint density at radius 1 is 1.10 bits per heavy atom. The van der Waals surface area contributed by atoms with Gasteiger partial charge < -0.3 is 0 Å². The van der Waals surface area contributed by atoms with Crippen LogP contribution in [-0.4, -0.2) is 14.8 Å². The van der Waals surface area contributed by atoms with Gasteiger partial charge in [-0.25, -0.2) is 9.67 Å². The van der Waals surface area contributed by atoms with Crippen LogP contribution in [-0.2, 0) is 6.18 Å². The number of hydrogen-bond donors (Lipinski definition) is 0. The van der Waals surface area contributed by atoms with Crippen molar-refractivity contribution in [3.63, 3.8) is 0 Å². The molecule has 2 aromatic heterocycles. The highest BCUT2D eigenvalue weighted by molar-refractivity contribution is 6.35. The first-order valence-corrected chi connectivity index (χ1v) is 6.43. The zero-order chi connectivity index (χ0) is 15.2. The van der Waals surface area contributed by atoms with Gasteiger partial charge in [0.05, 0.1) is 27.4 Å². The van der Waals surface area contributed by atoms with E-state index in [1.807, 2.05) is 0 Å². The summed E-state index contributed by atoms with van der Waals surface area (Å²) in [5.74, 6) is 0. The van der Waals surface area contributed by atoms with E-state index in [0.717, 1.165) is 12.1 Å². The Morgan fingerprint density at radius 3 is 2.38 bits per heavy atom. The predicted molar refractivity (Wildman–Crippen MR) is 73.6 cm³/mol. The standard InChI is InChI=1S/C14H9ClF3N3/c1-8-12-11(15)6-7-19-13(12)21(20-8)10-4-2-9(3-5-10)14(16,17)18/h2-7H,1H3. The first-order chi connectivity index (χ1) is 9.88. The molecule has 0 bridgehead atoms. The van der Waals surface area contributed by atoms with Gasteiger partial charge >= 0.3 is 6.18 Å². The highest BCUT2D eigenvalue weighted by Crippen LogP contribution is 2.31. The van der Waals surface area contributed by atoms with E-state index in [2.05, 4.69) is 10.1 Å². The lowest BCUT2D eigenvalue weighted by Gasteiger charge is -2.08. The van der Waals surface area contributed by atoms with E-state index in [1.165, 1.54) is 23.0 Å². The summed E-state index contributed by atoms with van der Waals surface area (Å²) in [6.07, 6.45) is -2.82. The molecular weight excluding hydrogens is 303 g/mol. The van der Waals surface area contributed by atoms with Crippen molar-refractivity contribution >= 4 is 22.6 Å². The molecule has 21 heavy (non-hydrogen) atoms. The van der Waals surface area contributed by atoms with E-state index in [1.54, 1.807) is 13.0 Å². The van der Waals surface area contributed by atoms with Crippen LogP contribution >= 0.6 is 11.6 Å². The van der Waals surface area contributed by atoms with Crippen molar-refractivity contribution in [2.24, 2.45) is 0 Å². The van der Waals surface area contributed by atoms with E-state index in [-0.39, 0.29) is 0 Å². The second kappa shape index (κ2) is 4.73. The zero-order valence-corrected chi connectivity index (χ0v) is 11.6. The molecular formula is C14H9ClF3N3. The van der Waals surface area contributed by atoms with Gasteiger partial charge in [0.15, 0.2) is 5.65 Å². The second-order valence-electron chi connectivity index (χ2n) is 4.53. The molecule has 0 spiro atoms. The Bertz CT molecular complexity index is 807. The van der Waals surface area contributed by atoms with E-state index in [0.29, 0.717) is 27.4 Å². The third-order valence-electron chi connectivity index (χ3n) is 3.13. The molecule has 3 nitrogen and oxygen atoms in total. The average molecular weight is 312 g/mol. The maximum absolute atomic E-state index is 12.6. The molecule has 7 heteroatoms. The van der Waals surface area contributed by atoms with Crippen LogP contribution in [0.3, 0.4) is 0 Å². The number of benzene rings is 1. The molecule has 3 rings (SSSR count). The van der Waals surface area contributed by atoms with Crippen molar-refractivity contribution < 1.29 is 13.2 Å². The van der Waals surface area contributed by atoms with Crippen LogP contribution in [0.25, 0.3) is 16.7 Å². The largest absolute Gasteiger partial charge is 0.416 e. The summed E-state index contributed by atoms with van der Waals surface area (Å²) in [6, 6.07) is 6.40. The zero-order valence-electron chi connectivity index (χ0n) is 10.8. The van der Waals surface area contributed by atoms with Crippen LogP contribution in [0.2, 0.25) is 5.02 Å². The second-order valence-corrected chi connectivity index (χ2v) is 4.94. The number of alkyl halides is 3. The molecule has 0 aliphatic carbocycles. The maximum Gasteiger partial charge on any atom is 0.416 e. The van der Waals surface area contributed by atoms with Crippen molar-refractivity contribution in [3.05, 3.63) is 52.8 Å². The summed E-state index contributed by atoms with van der Waals surface area (Å²) in [7, 11) is 0. The molecule has 0 aliphatic rings. The summed E-state index contributed by atoms with van der Waals surface area (Å²) in [5.41, 5.74) is 0.976. The van der Waals surface area contributed by atoms with Gasteiger partial charge in [0.2, 0.25) is 0 Å². The molecule has 0 saturated heterocycles. The SMILES string of the molecule is Cc1nn(-c2ccc(C(F)(F)F)cc2)c2nccc(Cl)c12. The van der Waals surface area contributed by atoms with Gasteiger partial charge in [-0.2, -0.15) is 18.3 Å². The summed E-state index contributed by atoms with van der Waals surface area (Å²) in [4.78, 5) is 4.20. The normalized spacial score (nSPS) is 12.0. The molecule has 0 aliphatic heterocycles. The number of rotatable bonds is 1. The summed E-state index contributed by atoms with van der Waals surface area (Å²) < 4.78 is 39.2. The molecule has 2 heterocycles. The van der Waals surface area contributed by atoms with Crippen LogP contribution in [0.15, 0.2) is 36.5 Å². The van der Waals surface area contributed by atoms with Gasteiger partial charge in [-0.3, -0.25) is 0 Å². The topological polar surface area (TPSA) is 30.7 Å². The molecule has 0 amide bonds.